The Morgan fingerprint density at radius 1 is 1.06 bits per heavy atom. The Balaban J connectivity index is 2.04. The lowest BCUT2D eigenvalue weighted by Crippen LogP contribution is -2.27. The number of pyridine rings is 1. The zero-order chi connectivity index (χ0) is 26.1. The van der Waals surface area contributed by atoms with E-state index in [2.05, 4.69) is 19.2 Å². The van der Waals surface area contributed by atoms with E-state index in [0.29, 0.717) is 43.4 Å². The molecule has 1 aromatic heterocycles. The summed E-state index contributed by atoms with van der Waals surface area (Å²) in [5.41, 5.74) is 9.69. The summed E-state index contributed by atoms with van der Waals surface area (Å²) in [6, 6.07) is 14.0. The lowest BCUT2D eigenvalue weighted by molar-refractivity contribution is -0.118. The molecule has 36 heavy (non-hydrogen) atoms. The van der Waals surface area contributed by atoms with Crippen LogP contribution in [0.15, 0.2) is 42.5 Å². The van der Waals surface area contributed by atoms with Gasteiger partial charge in [-0.15, -0.1) is 0 Å². The van der Waals surface area contributed by atoms with Gasteiger partial charge in [0.1, 0.15) is 5.75 Å². The van der Waals surface area contributed by atoms with E-state index in [4.69, 9.17) is 20.2 Å². The maximum atomic E-state index is 12.5. The Bertz CT molecular complexity index is 1190. The summed E-state index contributed by atoms with van der Waals surface area (Å²) >= 11 is 0. The highest BCUT2D eigenvalue weighted by molar-refractivity contribution is 5.99. The highest BCUT2D eigenvalue weighted by atomic mass is 16.6. The summed E-state index contributed by atoms with van der Waals surface area (Å²) in [6.45, 7) is 9.14. The fourth-order valence-electron chi connectivity index (χ4n) is 4.05. The van der Waals surface area contributed by atoms with E-state index in [-0.39, 0.29) is 5.91 Å². The summed E-state index contributed by atoms with van der Waals surface area (Å²) in [7, 11) is 0. The van der Waals surface area contributed by atoms with Crippen LogP contribution in [0.2, 0.25) is 0 Å². The van der Waals surface area contributed by atoms with Crippen LogP contribution in [-0.2, 0) is 11.2 Å². The van der Waals surface area contributed by atoms with E-state index in [1.165, 1.54) is 0 Å². The third-order valence-electron chi connectivity index (χ3n) is 5.78. The Morgan fingerprint density at radius 2 is 1.81 bits per heavy atom. The number of fused-ring (bicyclic) bond motifs is 1. The first-order valence-electron chi connectivity index (χ1n) is 12.7. The Labute approximate surface area is 213 Å². The predicted molar refractivity (Wildman–Crippen MR) is 143 cm³/mol. The van der Waals surface area contributed by atoms with Crippen molar-refractivity contribution < 1.29 is 19.1 Å². The summed E-state index contributed by atoms with van der Waals surface area (Å²) < 4.78 is 11.9. The van der Waals surface area contributed by atoms with E-state index >= 15 is 0 Å². The average molecular weight is 492 g/mol. The maximum absolute atomic E-state index is 12.5. The Morgan fingerprint density at radius 3 is 2.47 bits per heavy atom. The number of carbonyl (C=O) groups is 2. The van der Waals surface area contributed by atoms with Gasteiger partial charge in [0, 0.05) is 23.9 Å². The van der Waals surface area contributed by atoms with Crippen LogP contribution < -0.4 is 20.5 Å². The van der Waals surface area contributed by atoms with Crippen molar-refractivity contribution in [2.24, 2.45) is 11.7 Å². The number of rotatable bonds is 12. The molecule has 0 fully saturated rings. The number of unbranched alkanes of at least 4 members (excludes halogenated alkanes) is 2. The summed E-state index contributed by atoms with van der Waals surface area (Å²) in [6.07, 6.45) is 3.03. The molecular formula is C29H37N3O4. The van der Waals surface area contributed by atoms with Crippen LogP contribution in [0.3, 0.4) is 0 Å². The summed E-state index contributed by atoms with van der Waals surface area (Å²) in [5.74, 6) is 1.25. The fourth-order valence-corrected chi connectivity index (χ4v) is 4.05. The second-order valence-electron chi connectivity index (χ2n) is 9.45. The van der Waals surface area contributed by atoms with Crippen LogP contribution in [0.1, 0.15) is 57.7 Å². The predicted octanol–water partition coefficient (Wildman–Crippen LogP) is 5.94. The normalized spacial score (nSPS) is 11.0. The van der Waals surface area contributed by atoms with E-state index < -0.39 is 6.09 Å². The number of primary amides is 1. The zero-order valence-electron chi connectivity index (χ0n) is 21.7. The van der Waals surface area contributed by atoms with Gasteiger partial charge in [-0.3, -0.25) is 4.79 Å². The molecule has 0 unspecified atom stereocenters. The average Bonchev–Trinajstić information content (AvgIpc) is 2.82. The van der Waals surface area contributed by atoms with Crippen molar-refractivity contribution in [3.05, 3.63) is 53.7 Å². The van der Waals surface area contributed by atoms with Gasteiger partial charge in [0.2, 0.25) is 5.91 Å². The summed E-state index contributed by atoms with van der Waals surface area (Å²) in [4.78, 5) is 28.4. The number of nitrogens with two attached hydrogens (primary N) is 1. The number of hydrogen-bond donors (Lipinski definition) is 2. The van der Waals surface area contributed by atoms with Crippen molar-refractivity contribution in [3.63, 3.8) is 0 Å². The first-order valence-corrected chi connectivity index (χ1v) is 12.7. The van der Waals surface area contributed by atoms with Gasteiger partial charge in [0.05, 0.1) is 17.8 Å². The molecule has 0 saturated carbocycles. The number of nitrogens with zero attached hydrogens (tertiary/aromatic N) is 1. The molecule has 0 radical (unpaired) electrons. The van der Waals surface area contributed by atoms with Crippen LogP contribution in [0.5, 0.6) is 11.5 Å². The molecule has 0 bridgehead atoms. The molecule has 2 aromatic carbocycles. The van der Waals surface area contributed by atoms with Gasteiger partial charge in [-0.1, -0.05) is 43.7 Å². The van der Waals surface area contributed by atoms with Crippen molar-refractivity contribution in [3.8, 4) is 22.6 Å². The lowest BCUT2D eigenvalue weighted by atomic mass is 9.95. The van der Waals surface area contributed by atoms with Crippen LogP contribution in [0.4, 0.5) is 4.79 Å². The molecule has 3 rings (SSSR count). The molecule has 2 amide bonds. The molecule has 0 aliphatic rings. The minimum Gasteiger partial charge on any atom is -0.494 e. The van der Waals surface area contributed by atoms with E-state index in [0.717, 1.165) is 52.5 Å². The summed E-state index contributed by atoms with van der Waals surface area (Å²) in [5, 5.41) is 3.59. The number of aromatic nitrogens is 1. The van der Waals surface area contributed by atoms with Crippen molar-refractivity contribution >= 4 is 22.9 Å². The molecule has 0 saturated heterocycles. The van der Waals surface area contributed by atoms with Crippen molar-refractivity contribution in [2.75, 3.05) is 13.2 Å². The highest BCUT2D eigenvalue weighted by Gasteiger charge is 2.22. The van der Waals surface area contributed by atoms with E-state index in [1.54, 1.807) is 0 Å². The quantitative estimate of drug-likeness (QED) is 0.305. The molecule has 1 heterocycles. The maximum Gasteiger partial charge on any atom is 0.412 e. The number of amides is 2. The van der Waals surface area contributed by atoms with Gasteiger partial charge in [0.15, 0.2) is 5.75 Å². The topological polar surface area (TPSA) is 104 Å². The number of nitrogens with one attached hydrogen (secondary N) is 1. The molecule has 0 aliphatic heterocycles. The monoisotopic (exact) mass is 491 g/mol. The molecular weight excluding hydrogens is 454 g/mol. The van der Waals surface area contributed by atoms with Crippen LogP contribution >= 0.6 is 0 Å². The zero-order valence-corrected chi connectivity index (χ0v) is 21.7. The van der Waals surface area contributed by atoms with Crippen LogP contribution in [0, 0.1) is 12.8 Å². The van der Waals surface area contributed by atoms with Gasteiger partial charge in [-0.05, 0) is 69.2 Å². The standard InChI is InChI=1S/C29H37N3O4/c1-5-31-29(34)36-28-25(17-19(2)3)32-24-15-14-22(35-16-8-6-7-9-26(30)33)18-23(24)27(28)21-12-10-20(4)11-13-21/h10-15,18-19H,5-9,16-17H2,1-4H3,(H2,30,33)(H,31,34). The molecule has 3 N–H and O–H groups in total. The lowest BCUT2D eigenvalue weighted by Gasteiger charge is -2.19. The molecule has 0 atom stereocenters. The third kappa shape index (κ3) is 7.44. The molecule has 0 spiro atoms. The first-order chi connectivity index (χ1) is 17.3. The molecule has 192 valence electrons. The second kappa shape index (κ2) is 12.9. The minimum absolute atomic E-state index is 0.274. The molecule has 7 nitrogen and oxygen atoms in total. The number of aryl methyl sites for hydroxylation is 1. The molecule has 7 heteroatoms. The van der Waals surface area contributed by atoms with Gasteiger partial charge in [-0.25, -0.2) is 9.78 Å². The van der Waals surface area contributed by atoms with Crippen LogP contribution in [-0.4, -0.2) is 30.1 Å². The van der Waals surface area contributed by atoms with Gasteiger partial charge in [-0.2, -0.15) is 0 Å². The van der Waals surface area contributed by atoms with Gasteiger partial charge >= 0.3 is 6.09 Å². The van der Waals surface area contributed by atoms with E-state index in [9.17, 15) is 9.59 Å². The molecule has 0 aliphatic carbocycles. The Hall–Kier alpha value is -3.61. The van der Waals surface area contributed by atoms with E-state index in [1.807, 2.05) is 56.3 Å². The number of hydrogen-bond acceptors (Lipinski definition) is 5. The van der Waals surface area contributed by atoms with Crippen molar-refractivity contribution in [2.45, 2.75) is 59.8 Å². The first kappa shape index (κ1) is 27.0. The smallest absolute Gasteiger partial charge is 0.412 e. The highest BCUT2D eigenvalue weighted by Crippen LogP contribution is 2.41. The fraction of sp³-hybridized carbons (Fsp3) is 0.414. The van der Waals surface area contributed by atoms with Crippen molar-refractivity contribution in [1.29, 1.82) is 0 Å². The number of ether oxygens (including phenoxy) is 2. The number of carbonyl (C=O) groups excluding carboxylic acids is 2. The SMILES string of the molecule is CCNC(=O)Oc1c(CC(C)C)nc2ccc(OCCCCCC(N)=O)cc2c1-c1ccc(C)cc1. The third-order valence-corrected chi connectivity index (χ3v) is 5.78. The van der Waals surface area contributed by atoms with Gasteiger partial charge < -0.3 is 20.5 Å². The number of benzene rings is 2. The minimum atomic E-state index is -0.500. The largest absolute Gasteiger partial charge is 0.494 e. The van der Waals surface area contributed by atoms with Gasteiger partial charge in [0.25, 0.3) is 0 Å². The second-order valence-corrected chi connectivity index (χ2v) is 9.45. The molecule has 3 aromatic rings. The van der Waals surface area contributed by atoms with Crippen molar-refractivity contribution in [1.82, 2.24) is 10.3 Å². The Kier molecular flexibility index (Phi) is 9.68. The van der Waals surface area contributed by atoms with Crippen LogP contribution in [0.25, 0.3) is 22.0 Å².